The molecule has 3 aromatic rings. The van der Waals surface area contributed by atoms with E-state index < -0.39 is 0 Å². The second-order valence-corrected chi connectivity index (χ2v) is 6.73. The summed E-state index contributed by atoms with van der Waals surface area (Å²) < 4.78 is 5.37. The fourth-order valence-corrected chi connectivity index (χ4v) is 3.22. The third-order valence-corrected chi connectivity index (χ3v) is 4.79. The zero-order valence-electron chi connectivity index (χ0n) is 15.8. The highest BCUT2D eigenvalue weighted by molar-refractivity contribution is 6.05. The van der Waals surface area contributed by atoms with Crippen LogP contribution in [-0.4, -0.2) is 42.4 Å². The maximum Gasteiger partial charge on any atom is 0.255 e. The molecule has 0 spiro atoms. The molecule has 1 N–H and O–H groups in total. The van der Waals surface area contributed by atoms with Crippen molar-refractivity contribution in [2.75, 3.05) is 36.5 Å². The average molecular weight is 374 g/mol. The smallest absolute Gasteiger partial charge is 0.255 e. The molecule has 1 amide bonds. The second kappa shape index (κ2) is 8.19. The summed E-state index contributed by atoms with van der Waals surface area (Å²) in [6.45, 7) is 5.01. The molecule has 0 radical (unpaired) electrons. The van der Waals surface area contributed by atoms with Crippen molar-refractivity contribution < 1.29 is 9.53 Å². The van der Waals surface area contributed by atoms with E-state index in [1.807, 2.05) is 67.6 Å². The van der Waals surface area contributed by atoms with E-state index in [2.05, 4.69) is 20.4 Å². The van der Waals surface area contributed by atoms with Gasteiger partial charge in [0.2, 0.25) is 0 Å². The molecule has 142 valence electrons. The van der Waals surface area contributed by atoms with E-state index in [0.29, 0.717) is 18.8 Å². The minimum absolute atomic E-state index is 0.121. The van der Waals surface area contributed by atoms with E-state index in [1.165, 1.54) is 0 Å². The van der Waals surface area contributed by atoms with Gasteiger partial charge in [-0.2, -0.15) is 0 Å². The van der Waals surface area contributed by atoms with Gasteiger partial charge in [0.1, 0.15) is 0 Å². The highest BCUT2D eigenvalue weighted by Crippen LogP contribution is 2.23. The van der Waals surface area contributed by atoms with Crippen LogP contribution in [0.15, 0.2) is 60.7 Å². The van der Waals surface area contributed by atoms with Crippen LogP contribution in [0.2, 0.25) is 0 Å². The Morgan fingerprint density at radius 2 is 1.82 bits per heavy atom. The summed E-state index contributed by atoms with van der Waals surface area (Å²) in [5, 5.41) is 11.7. The molecular formula is C22H22N4O2. The van der Waals surface area contributed by atoms with Crippen molar-refractivity contribution in [3.63, 3.8) is 0 Å². The number of hydrogen-bond donors (Lipinski definition) is 1. The molecule has 28 heavy (non-hydrogen) atoms. The van der Waals surface area contributed by atoms with Crippen molar-refractivity contribution in [3.05, 3.63) is 71.8 Å². The van der Waals surface area contributed by atoms with Crippen LogP contribution in [0, 0.1) is 6.92 Å². The number of aromatic nitrogens is 2. The quantitative estimate of drug-likeness (QED) is 0.757. The van der Waals surface area contributed by atoms with Gasteiger partial charge < -0.3 is 15.0 Å². The lowest BCUT2D eigenvalue weighted by Gasteiger charge is -2.27. The van der Waals surface area contributed by atoms with Crippen LogP contribution in [0.5, 0.6) is 0 Å². The summed E-state index contributed by atoms with van der Waals surface area (Å²) in [5.74, 6) is 0.736. The Kier molecular flexibility index (Phi) is 5.30. The largest absolute Gasteiger partial charge is 0.378 e. The Balaban J connectivity index is 1.50. The molecule has 6 heteroatoms. The van der Waals surface area contributed by atoms with Crippen LogP contribution in [-0.2, 0) is 4.74 Å². The number of benzene rings is 2. The average Bonchev–Trinajstić information content (AvgIpc) is 2.75. The van der Waals surface area contributed by atoms with Crippen molar-refractivity contribution in [2.24, 2.45) is 0 Å². The molecule has 2 aromatic carbocycles. The fourth-order valence-electron chi connectivity index (χ4n) is 3.22. The predicted octanol–water partition coefficient (Wildman–Crippen LogP) is 3.54. The van der Waals surface area contributed by atoms with Gasteiger partial charge in [0, 0.05) is 29.9 Å². The first-order chi connectivity index (χ1) is 13.7. The van der Waals surface area contributed by atoms with Crippen molar-refractivity contribution in [2.45, 2.75) is 6.92 Å². The lowest BCUT2D eigenvalue weighted by atomic mass is 10.1. The minimum atomic E-state index is -0.121. The molecule has 1 aliphatic rings. The first-order valence-electron chi connectivity index (χ1n) is 9.34. The summed E-state index contributed by atoms with van der Waals surface area (Å²) in [7, 11) is 0. The predicted molar refractivity (Wildman–Crippen MR) is 110 cm³/mol. The van der Waals surface area contributed by atoms with Crippen molar-refractivity contribution >= 4 is 17.4 Å². The van der Waals surface area contributed by atoms with Gasteiger partial charge in [0.25, 0.3) is 5.91 Å². The van der Waals surface area contributed by atoms with Crippen molar-refractivity contribution in [1.82, 2.24) is 10.2 Å². The van der Waals surface area contributed by atoms with Gasteiger partial charge in [-0.05, 0) is 42.8 Å². The molecule has 2 heterocycles. The molecule has 0 unspecified atom stereocenters. The number of nitrogens with one attached hydrogen (secondary N) is 1. The van der Waals surface area contributed by atoms with Crippen LogP contribution in [0.4, 0.5) is 11.5 Å². The van der Waals surface area contributed by atoms with Crippen LogP contribution < -0.4 is 10.2 Å². The van der Waals surface area contributed by atoms with E-state index in [9.17, 15) is 4.79 Å². The Labute approximate surface area is 164 Å². The Morgan fingerprint density at radius 3 is 2.57 bits per heavy atom. The SMILES string of the molecule is Cc1ccccc1C(=O)Nc1cccc(-c2ccc(N3CCOCC3)nn2)c1. The van der Waals surface area contributed by atoms with Gasteiger partial charge in [-0.3, -0.25) is 4.79 Å². The number of rotatable bonds is 4. The van der Waals surface area contributed by atoms with Crippen LogP contribution in [0.3, 0.4) is 0 Å². The molecular weight excluding hydrogens is 352 g/mol. The molecule has 1 fully saturated rings. The third-order valence-electron chi connectivity index (χ3n) is 4.79. The Bertz CT molecular complexity index is 966. The summed E-state index contributed by atoms with van der Waals surface area (Å²) in [4.78, 5) is 14.7. The lowest BCUT2D eigenvalue weighted by Crippen LogP contribution is -2.36. The fraction of sp³-hybridized carbons (Fsp3) is 0.227. The number of nitrogens with zero attached hydrogens (tertiary/aromatic N) is 3. The standard InChI is InChI=1S/C22H22N4O2/c1-16-5-2-3-8-19(16)22(27)23-18-7-4-6-17(15-18)20-9-10-21(25-24-20)26-11-13-28-14-12-26/h2-10,15H,11-14H2,1H3,(H,23,27). The molecule has 1 aromatic heterocycles. The zero-order chi connectivity index (χ0) is 19.3. The first kappa shape index (κ1) is 18.1. The summed E-state index contributed by atoms with van der Waals surface area (Å²) in [6, 6.07) is 19.1. The molecule has 0 bridgehead atoms. The zero-order valence-corrected chi connectivity index (χ0v) is 15.8. The van der Waals surface area contributed by atoms with Crippen LogP contribution in [0.25, 0.3) is 11.3 Å². The highest BCUT2D eigenvalue weighted by Gasteiger charge is 2.13. The first-order valence-corrected chi connectivity index (χ1v) is 9.34. The number of anilines is 2. The molecule has 6 nitrogen and oxygen atoms in total. The monoisotopic (exact) mass is 374 g/mol. The normalized spacial score (nSPS) is 14.0. The van der Waals surface area contributed by atoms with Crippen LogP contribution >= 0.6 is 0 Å². The van der Waals surface area contributed by atoms with Gasteiger partial charge in [-0.15, -0.1) is 10.2 Å². The van der Waals surface area contributed by atoms with Crippen molar-refractivity contribution in [1.29, 1.82) is 0 Å². The van der Waals surface area contributed by atoms with Crippen molar-refractivity contribution in [3.8, 4) is 11.3 Å². The van der Waals surface area contributed by atoms with E-state index in [-0.39, 0.29) is 5.91 Å². The number of hydrogen-bond acceptors (Lipinski definition) is 5. The van der Waals surface area contributed by atoms with Gasteiger partial charge in [0.05, 0.1) is 18.9 Å². The molecule has 1 aliphatic heterocycles. The van der Waals surface area contributed by atoms with Crippen LogP contribution in [0.1, 0.15) is 15.9 Å². The van der Waals surface area contributed by atoms with E-state index in [1.54, 1.807) is 0 Å². The minimum Gasteiger partial charge on any atom is -0.378 e. The maximum absolute atomic E-state index is 12.5. The number of aryl methyl sites for hydroxylation is 1. The Hall–Kier alpha value is -3.25. The number of amides is 1. The summed E-state index contributed by atoms with van der Waals surface area (Å²) >= 11 is 0. The second-order valence-electron chi connectivity index (χ2n) is 6.73. The number of morpholine rings is 1. The molecule has 0 aliphatic carbocycles. The van der Waals surface area contributed by atoms with Gasteiger partial charge in [0.15, 0.2) is 5.82 Å². The molecule has 0 atom stereocenters. The maximum atomic E-state index is 12.5. The molecule has 4 rings (SSSR count). The van der Waals surface area contributed by atoms with Gasteiger partial charge >= 0.3 is 0 Å². The summed E-state index contributed by atoms with van der Waals surface area (Å²) in [6.07, 6.45) is 0. The number of carbonyl (C=O) groups is 1. The lowest BCUT2D eigenvalue weighted by molar-refractivity contribution is 0.102. The Morgan fingerprint density at radius 1 is 1.00 bits per heavy atom. The van der Waals surface area contributed by atoms with Gasteiger partial charge in [-0.1, -0.05) is 30.3 Å². The van der Waals surface area contributed by atoms with E-state index in [4.69, 9.17) is 4.74 Å². The third kappa shape index (κ3) is 4.02. The summed E-state index contributed by atoms with van der Waals surface area (Å²) in [5.41, 5.74) is 4.01. The molecule has 0 saturated carbocycles. The highest BCUT2D eigenvalue weighted by atomic mass is 16.5. The van der Waals surface area contributed by atoms with E-state index in [0.717, 1.165) is 41.4 Å². The molecule has 1 saturated heterocycles. The number of ether oxygens (including phenoxy) is 1. The van der Waals surface area contributed by atoms with Gasteiger partial charge in [-0.25, -0.2) is 0 Å². The number of carbonyl (C=O) groups excluding carboxylic acids is 1. The topological polar surface area (TPSA) is 67.4 Å². The van der Waals surface area contributed by atoms with E-state index >= 15 is 0 Å².